The number of hydrogen-bond donors (Lipinski definition) is 1. The molecule has 3 rings (SSSR count). The van der Waals surface area contributed by atoms with Crippen LogP contribution in [0.3, 0.4) is 0 Å². The first kappa shape index (κ1) is 20.0. The summed E-state index contributed by atoms with van der Waals surface area (Å²) in [5, 5.41) is 10.0. The number of ether oxygens (including phenoxy) is 1. The molecule has 1 N–H and O–H groups in total. The van der Waals surface area contributed by atoms with E-state index in [1.54, 1.807) is 41.1 Å². The molecule has 0 fully saturated rings. The molecule has 0 unspecified atom stereocenters. The Balaban J connectivity index is 1.52. The lowest BCUT2D eigenvalue weighted by Gasteiger charge is -2.04. The molecule has 0 radical (unpaired) electrons. The number of hydrazone groups is 1. The van der Waals surface area contributed by atoms with Crippen LogP contribution in [0.1, 0.15) is 26.6 Å². The average molecular weight is 461 g/mol. The monoisotopic (exact) mass is 460 g/mol. The molecular weight excluding hydrogens is 444 g/mol. The summed E-state index contributed by atoms with van der Waals surface area (Å²) < 4.78 is 7.79. The Morgan fingerprint density at radius 3 is 2.64 bits per heavy atom. The number of hydrogen-bond acceptors (Lipinski definition) is 6. The molecule has 144 valence electrons. The van der Waals surface area contributed by atoms with E-state index in [-0.39, 0.29) is 18.4 Å². The van der Waals surface area contributed by atoms with Gasteiger partial charge in [-0.25, -0.2) is 10.2 Å². The van der Waals surface area contributed by atoms with Gasteiger partial charge in [-0.3, -0.25) is 9.48 Å². The number of amides is 1. The van der Waals surface area contributed by atoms with Crippen LogP contribution in [0.15, 0.2) is 51.4 Å². The summed E-state index contributed by atoms with van der Waals surface area (Å²) in [6.07, 6.45) is 1.51. The van der Waals surface area contributed by atoms with Gasteiger partial charge in [-0.15, -0.1) is 11.3 Å². The Morgan fingerprint density at radius 2 is 2.04 bits per heavy atom. The number of aryl methyl sites for hydroxylation is 1. The zero-order chi connectivity index (χ0) is 20.1. The average Bonchev–Trinajstić information content (AvgIpc) is 3.29. The van der Waals surface area contributed by atoms with Crippen molar-refractivity contribution in [3.63, 3.8) is 0 Å². The quantitative estimate of drug-likeness (QED) is 0.263. The second-order valence-electron chi connectivity index (χ2n) is 5.87. The van der Waals surface area contributed by atoms with E-state index in [0.717, 1.165) is 21.4 Å². The smallest absolute Gasteiger partial charge is 0.353 e. The minimum Gasteiger partial charge on any atom is -0.422 e. The number of aromatic nitrogens is 2. The highest BCUT2D eigenvalue weighted by atomic mass is 79.9. The predicted molar refractivity (Wildman–Crippen MR) is 111 cm³/mol. The molecule has 0 atom stereocenters. The van der Waals surface area contributed by atoms with Crippen LogP contribution in [0.25, 0.3) is 0 Å². The third kappa shape index (κ3) is 4.93. The summed E-state index contributed by atoms with van der Waals surface area (Å²) in [6.45, 7) is 3.83. The summed E-state index contributed by atoms with van der Waals surface area (Å²) >= 11 is 4.76. The number of thiophene rings is 1. The van der Waals surface area contributed by atoms with Crippen molar-refractivity contribution in [1.29, 1.82) is 0 Å². The molecule has 0 aliphatic carbocycles. The van der Waals surface area contributed by atoms with Gasteiger partial charge in [-0.2, -0.15) is 10.2 Å². The van der Waals surface area contributed by atoms with E-state index < -0.39 is 0 Å². The van der Waals surface area contributed by atoms with E-state index in [9.17, 15) is 9.59 Å². The Labute approximate surface area is 174 Å². The number of esters is 1. The van der Waals surface area contributed by atoms with E-state index in [4.69, 9.17) is 4.74 Å². The van der Waals surface area contributed by atoms with Gasteiger partial charge in [0, 0.05) is 0 Å². The molecule has 2 aromatic heterocycles. The first-order valence-corrected chi connectivity index (χ1v) is 9.98. The van der Waals surface area contributed by atoms with Crippen LogP contribution in [0, 0.1) is 13.8 Å². The molecule has 0 saturated heterocycles. The zero-order valence-electron chi connectivity index (χ0n) is 15.2. The minimum absolute atomic E-state index is 0.0766. The van der Waals surface area contributed by atoms with Crippen molar-refractivity contribution in [3.8, 4) is 5.75 Å². The Hall–Kier alpha value is -2.78. The van der Waals surface area contributed by atoms with E-state index in [2.05, 4.69) is 31.6 Å². The molecule has 2 heterocycles. The highest BCUT2D eigenvalue weighted by Crippen LogP contribution is 2.19. The molecule has 1 amide bonds. The lowest BCUT2D eigenvalue weighted by molar-refractivity contribution is -0.121. The summed E-state index contributed by atoms with van der Waals surface area (Å²) in [5.74, 6) is -0.231. The van der Waals surface area contributed by atoms with Crippen LogP contribution < -0.4 is 10.2 Å². The van der Waals surface area contributed by atoms with Gasteiger partial charge in [0.15, 0.2) is 0 Å². The Morgan fingerprint density at radius 1 is 1.29 bits per heavy atom. The van der Waals surface area contributed by atoms with Crippen molar-refractivity contribution in [2.75, 3.05) is 0 Å². The maximum atomic E-state index is 12.0. The largest absolute Gasteiger partial charge is 0.422 e. The van der Waals surface area contributed by atoms with Gasteiger partial charge in [0.25, 0.3) is 5.91 Å². The van der Waals surface area contributed by atoms with Gasteiger partial charge in [-0.05, 0) is 71.1 Å². The number of benzene rings is 1. The van der Waals surface area contributed by atoms with Crippen LogP contribution in [-0.2, 0) is 11.3 Å². The van der Waals surface area contributed by atoms with Gasteiger partial charge in [0.2, 0.25) is 0 Å². The third-order valence-corrected chi connectivity index (χ3v) is 5.80. The van der Waals surface area contributed by atoms with Gasteiger partial charge in [-0.1, -0.05) is 6.07 Å². The molecule has 28 heavy (non-hydrogen) atoms. The van der Waals surface area contributed by atoms with E-state index >= 15 is 0 Å². The number of carbonyl (C=O) groups excluding carboxylic acids is 2. The molecule has 9 heteroatoms. The van der Waals surface area contributed by atoms with Crippen LogP contribution in [-0.4, -0.2) is 27.9 Å². The van der Waals surface area contributed by atoms with Gasteiger partial charge >= 0.3 is 5.97 Å². The fourth-order valence-electron chi connectivity index (χ4n) is 2.35. The molecule has 0 aliphatic heterocycles. The molecule has 7 nitrogen and oxygen atoms in total. The van der Waals surface area contributed by atoms with Gasteiger partial charge < -0.3 is 4.74 Å². The Kier molecular flexibility index (Phi) is 6.37. The van der Waals surface area contributed by atoms with E-state index in [1.807, 2.05) is 19.2 Å². The molecule has 1 aromatic carbocycles. The summed E-state index contributed by atoms with van der Waals surface area (Å²) in [6, 6.07) is 10.3. The number of halogens is 1. The second-order valence-corrected chi connectivity index (χ2v) is 7.61. The maximum Gasteiger partial charge on any atom is 0.353 e. The molecule has 0 aliphatic rings. The first-order chi connectivity index (χ1) is 13.4. The molecule has 0 spiro atoms. The molecule has 0 bridgehead atoms. The Bertz CT molecular complexity index is 1010. The zero-order valence-corrected chi connectivity index (χ0v) is 17.6. The number of rotatable bonds is 6. The molecular formula is C19H17BrN4O3S. The van der Waals surface area contributed by atoms with E-state index in [1.165, 1.54) is 17.6 Å². The topological polar surface area (TPSA) is 85.6 Å². The van der Waals surface area contributed by atoms with Crippen LogP contribution in [0.4, 0.5) is 0 Å². The van der Waals surface area contributed by atoms with Crippen molar-refractivity contribution in [3.05, 3.63) is 68.1 Å². The SMILES string of the molecule is Cc1nn(CC(=O)N/N=C/c2ccc(OC(=O)c3cccs3)cc2)c(C)c1Br. The van der Waals surface area contributed by atoms with Crippen molar-refractivity contribution in [2.24, 2.45) is 5.10 Å². The third-order valence-electron chi connectivity index (χ3n) is 3.80. The van der Waals surface area contributed by atoms with Gasteiger partial charge in [0.1, 0.15) is 17.2 Å². The van der Waals surface area contributed by atoms with Crippen molar-refractivity contribution < 1.29 is 14.3 Å². The van der Waals surface area contributed by atoms with Crippen LogP contribution >= 0.6 is 27.3 Å². The van der Waals surface area contributed by atoms with Crippen LogP contribution in [0.2, 0.25) is 0 Å². The summed E-state index contributed by atoms with van der Waals surface area (Å²) in [4.78, 5) is 24.5. The van der Waals surface area contributed by atoms with E-state index in [0.29, 0.717) is 10.6 Å². The first-order valence-electron chi connectivity index (χ1n) is 8.31. The highest BCUT2D eigenvalue weighted by Gasteiger charge is 2.11. The number of nitrogens with zero attached hydrogens (tertiary/aromatic N) is 3. The minimum atomic E-state index is -0.389. The molecule has 0 saturated carbocycles. The lowest BCUT2D eigenvalue weighted by atomic mass is 10.2. The lowest BCUT2D eigenvalue weighted by Crippen LogP contribution is -2.24. The van der Waals surface area contributed by atoms with Crippen molar-refractivity contribution in [1.82, 2.24) is 15.2 Å². The fourth-order valence-corrected chi connectivity index (χ4v) is 3.24. The van der Waals surface area contributed by atoms with Gasteiger partial charge in [0.05, 0.1) is 22.1 Å². The highest BCUT2D eigenvalue weighted by molar-refractivity contribution is 9.10. The van der Waals surface area contributed by atoms with Crippen molar-refractivity contribution >= 4 is 45.4 Å². The normalized spacial score (nSPS) is 11.0. The fraction of sp³-hybridized carbons (Fsp3) is 0.158. The molecule has 3 aromatic rings. The van der Waals surface area contributed by atoms with Crippen LogP contribution in [0.5, 0.6) is 5.75 Å². The number of carbonyl (C=O) groups is 2. The maximum absolute atomic E-state index is 12.0. The number of nitrogens with one attached hydrogen (secondary N) is 1. The summed E-state index contributed by atoms with van der Waals surface area (Å²) in [7, 11) is 0. The van der Waals surface area contributed by atoms with Crippen molar-refractivity contribution in [2.45, 2.75) is 20.4 Å². The predicted octanol–water partition coefficient (Wildman–Crippen LogP) is 3.69. The summed E-state index contributed by atoms with van der Waals surface area (Å²) in [5.41, 5.74) is 4.93. The second kappa shape index (κ2) is 8.94. The standard InChI is InChI=1S/C19H17BrN4O3S/c1-12-18(20)13(2)24(23-12)11-17(25)22-21-10-14-5-7-15(8-6-14)27-19(26)16-4-3-9-28-16/h3-10H,11H2,1-2H3,(H,22,25)/b21-10+.